The van der Waals surface area contributed by atoms with Gasteiger partial charge < -0.3 is 24.1 Å². The Labute approximate surface area is 198 Å². The van der Waals surface area contributed by atoms with E-state index >= 15 is 0 Å². The summed E-state index contributed by atoms with van der Waals surface area (Å²) in [6, 6.07) is 0. The van der Waals surface area contributed by atoms with Gasteiger partial charge in [0.1, 0.15) is 12.4 Å². The average molecular weight is 457 g/mol. The standard InChI is InChI=1S/C27H52O5/c1-2-3-4-5-6-7-8-9-10-11-12-13-14-15-18-21-27-31-24-25(32-27)23-30-26(29)20-17-16-19-22-28/h22,25-27,29H,2-21,23-24H2,1H3. The van der Waals surface area contributed by atoms with E-state index in [-0.39, 0.29) is 12.4 Å². The molecule has 1 saturated heterocycles. The Morgan fingerprint density at radius 2 is 1.41 bits per heavy atom. The zero-order valence-electron chi connectivity index (χ0n) is 20.9. The Balaban J connectivity index is 1.81. The van der Waals surface area contributed by atoms with E-state index in [2.05, 4.69) is 6.92 Å². The second-order valence-corrected chi connectivity index (χ2v) is 9.50. The summed E-state index contributed by atoms with van der Waals surface area (Å²) >= 11 is 0. The van der Waals surface area contributed by atoms with Crippen molar-refractivity contribution in [2.45, 2.75) is 154 Å². The van der Waals surface area contributed by atoms with Crippen LogP contribution in [-0.2, 0) is 19.0 Å². The van der Waals surface area contributed by atoms with Crippen molar-refractivity contribution in [1.82, 2.24) is 0 Å². The number of hydrogen-bond acceptors (Lipinski definition) is 5. The van der Waals surface area contributed by atoms with Crippen LogP contribution in [0, 0.1) is 0 Å². The topological polar surface area (TPSA) is 65.0 Å². The van der Waals surface area contributed by atoms with E-state index in [0.29, 0.717) is 26.1 Å². The lowest BCUT2D eigenvalue weighted by Crippen LogP contribution is -2.23. The summed E-state index contributed by atoms with van der Waals surface area (Å²) in [6.45, 7) is 3.19. The number of aliphatic hydroxyl groups excluding tert-OH is 1. The number of hydrogen-bond donors (Lipinski definition) is 1. The molecule has 3 atom stereocenters. The molecule has 0 radical (unpaired) electrons. The lowest BCUT2D eigenvalue weighted by molar-refractivity contribution is -0.136. The summed E-state index contributed by atoms with van der Waals surface area (Å²) in [5.41, 5.74) is 0. The first-order chi connectivity index (χ1) is 15.8. The van der Waals surface area contributed by atoms with Gasteiger partial charge in [0.05, 0.1) is 13.2 Å². The zero-order chi connectivity index (χ0) is 23.1. The minimum atomic E-state index is -0.778. The van der Waals surface area contributed by atoms with Crippen LogP contribution in [0.1, 0.15) is 135 Å². The van der Waals surface area contributed by atoms with Crippen molar-refractivity contribution in [1.29, 1.82) is 0 Å². The monoisotopic (exact) mass is 456 g/mol. The Morgan fingerprint density at radius 3 is 1.97 bits per heavy atom. The Morgan fingerprint density at radius 1 is 0.844 bits per heavy atom. The normalized spacial score (nSPS) is 19.4. The van der Waals surface area contributed by atoms with Crippen LogP contribution < -0.4 is 0 Å². The molecule has 0 aliphatic carbocycles. The SMILES string of the molecule is CCCCCCCCCCCCCCCCCC1OCC(COC(O)CCCCC=O)O1. The van der Waals surface area contributed by atoms with E-state index in [0.717, 1.165) is 32.0 Å². The fourth-order valence-electron chi connectivity index (χ4n) is 4.28. The minimum absolute atomic E-state index is 0.0824. The molecule has 5 nitrogen and oxygen atoms in total. The number of ether oxygens (including phenoxy) is 3. The smallest absolute Gasteiger partial charge is 0.158 e. The highest BCUT2D eigenvalue weighted by Gasteiger charge is 2.26. The summed E-state index contributed by atoms with van der Waals surface area (Å²) in [4.78, 5) is 10.3. The molecule has 0 bridgehead atoms. The number of rotatable bonds is 24. The summed E-state index contributed by atoms with van der Waals surface area (Å²) < 4.78 is 17.0. The highest BCUT2D eigenvalue weighted by molar-refractivity contribution is 5.48. The first kappa shape index (κ1) is 29.5. The number of aldehydes is 1. The van der Waals surface area contributed by atoms with Gasteiger partial charge in [-0.25, -0.2) is 0 Å². The van der Waals surface area contributed by atoms with Crippen LogP contribution in [0.25, 0.3) is 0 Å². The molecule has 1 aliphatic rings. The molecular weight excluding hydrogens is 404 g/mol. The van der Waals surface area contributed by atoms with Gasteiger partial charge in [0.15, 0.2) is 12.6 Å². The quantitative estimate of drug-likeness (QED) is 0.0954. The fraction of sp³-hybridized carbons (Fsp3) is 0.963. The van der Waals surface area contributed by atoms with Crippen molar-refractivity contribution >= 4 is 6.29 Å². The van der Waals surface area contributed by atoms with Crippen LogP contribution in [0.3, 0.4) is 0 Å². The largest absolute Gasteiger partial charge is 0.368 e. The summed E-state index contributed by atoms with van der Waals surface area (Å²) in [5, 5.41) is 9.82. The third-order valence-electron chi connectivity index (χ3n) is 6.35. The third kappa shape index (κ3) is 18.0. The van der Waals surface area contributed by atoms with Crippen molar-refractivity contribution in [3.05, 3.63) is 0 Å². The van der Waals surface area contributed by atoms with Gasteiger partial charge in [-0.15, -0.1) is 0 Å². The van der Waals surface area contributed by atoms with Crippen LogP contribution in [0.15, 0.2) is 0 Å². The average Bonchev–Trinajstić information content (AvgIpc) is 3.25. The lowest BCUT2D eigenvalue weighted by Gasteiger charge is -2.15. The van der Waals surface area contributed by atoms with Crippen molar-refractivity contribution in [3.63, 3.8) is 0 Å². The summed E-state index contributed by atoms with van der Waals surface area (Å²) in [5.74, 6) is 0. The number of carbonyl (C=O) groups excluding carboxylic acids is 1. The Bertz CT molecular complexity index is 404. The molecule has 1 rings (SSSR count). The molecule has 5 heteroatoms. The highest BCUT2D eigenvalue weighted by atomic mass is 16.7. The van der Waals surface area contributed by atoms with Gasteiger partial charge in [-0.3, -0.25) is 0 Å². The van der Waals surface area contributed by atoms with E-state index in [1.165, 1.54) is 89.9 Å². The van der Waals surface area contributed by atoms with Crippen molar-refractivity contribution in [2.75, 3.05) is 13.2 Å². The van der Waals surface area contributed by atoms with Crippen LogP contribution in [0.4, 0.5) is 0 Å². The predicted molar refractivity (Wildman–Crippen MR) is 131 cm³/mol. The number of carbonyl (C=O) groups is 1. The van der Waals surface area contributed by atoms with Gasteiger partial charge in [0.2, 0.25) is 0 Å². The van der Waals surface area contributed by atoms with E-state index in [1.807, 2.05) is 0 Å². The van der Waals surface area contributed by atoms with Crippen LogP contribution in [0.5, 0.6) is 0 Å². The fourth-order valence-corrected chi connectivity index (χ4v) is 4.28. The summed E-state index contributed by atoms with van der Waals surface area (Å²) in [7, 11) is 0. The molecule has 0 saturated carbocycles. The van der Waals surface area contributed by atoms with Crippen LogP contribution in [0.2, 0.25) is 0 Å². The maximum absolute atomic E-state index is 10.3. The Kier molecular flexibility index (Phi) is 20.6. The van der Waals surface area contributed by atoms with E-state index in [4.69, 9.17) is 14.2 Å². The molecule has 0 aromatic heterocycles. The van der Waals surface area contributed by atoms with Gasteiger partial charge in [0, 0.05) is 6.42 Å². The zero-order valence-corrected chi connectivity index (χ0v) is 20.9. The number of unbranched alkanes of at least 4 members (excludes halogenated alkanes) is 16. The molecule has 1 fully saturated rings. The molecule has 0 spiro atoms. The molecule has 1 N–H and O–H groups in total. The van der Waals surface area contributed by atoms with Gasteiger partial charge in [0.25, 0.3) is 0 Å². The molecule has 32 heavy (non-hydrogen) atoms. The molecule has 1 aliphatic heterocycles. The Hall–Kier alpha value is -0.490. The van der Waals surface area contributed by atoms with Crippen LogP contribution >= 0.6 is 0 Å². The molecule has 3 unspecified atom stereocenters. The summed E-state index contributed by atoms with van der Waals surface area (Å²) in [6.07, 6.45) is 24.2. The third-order valence-corrected chi connectivity index (χ3v) is 6.35. The molecule has 190 valence electrons. The van der Waals surface area contributed by atoms with E-state index in [1.54, 1.807) is 0 Å². The molecule has 0 aromatic rings. The van der Waals surface area contributed by atoms with Gasteiger partial charge in [-0.2, -0.15) is 0 Å². The van der Waals surface area contributed by atoms with Crippen LogP contribution in [-0.4, -0.2) is 43.3 Å². The van der Waals surface area contributed by atoms with Crippen molar-refractivity contribution < 1.29 is 24.1 Å². The lowest BCUT2D eigenvalue weighted by atomic mass is 10.0. The maximum Gasteiger partial charge on any atom is 0.158 e. The van der Waals surface area contributed by atoms with E-state index in [9.17, 15) is 9.90 Å². The first-order valence-electron chi connectivity index (χ1n) is 13.8. The highest BCUT2D eigenvalue weighted by Crippen LogP contribution is 2.19. The molecular formula is C27H52O5. The van der Waals surface area contributed by atoms with Gasteiger partial charge in [-0.1, -0.05) is 96.8 Å². The van der Waals surface area contributed by atoms with Crippen molar-refractivity contribution in [2.24, 2.45) is 0 Å². The maximum atomic E-state index is 10.3. The minimum Gasteiger partial charge on any atom is -0.368 e. The second-order valence-electron chi connectivity index (χ2n) is 9.50. The molecule has 0 amide bonds. The second kappa shape index (κ2) is 22.3. The predicted octanol–water partition coefficient (Wildman–Crippen LogP) is 7.08. The van der Waals surface area contributed by atoms with Gasteiger partial charge >= 0.3 is 0 Å². The molecule has 0 aromatic carbocycles. The van der Waals surface area contributed by atoms with Crippen molar-refractivity contribution in [3.8, 4) is 0 Å². The molecule has 1 heterocycles. The van der Waals surface area contributed by atoms with E-state index < -0.39 is 6.29 Å². The first-order valence-corrected chi connectivity index (χ1v) is 13.8. The number of aliphatic hydroxyl groups is 1. The van der Waals surface area contributed by atoms with Gasteiger partial charge in [-0.05, 0) is 32.1 Å².